The molecule has 0 radical (unpaired) electrons. The Balaban J connectivity index is 2.75. The Labute approximate surface area is 122 Å². The number of hydrogen-bond donors (Lipinski definition) is 1. The Kier molecular flexibility index (Phi) is 5.67. The highest BCUT2D eigenvalue weighted by atomic mass is 79.9. The van der Waals surface area contributed by atoms with Gasteiger partial charge in [-0.05, 0) is 40.0 Å². The van der Waals surface area contributed by atoms with Crippen molar-refractivity contribution in [1.29, 1.82) is 0 Å². The van der Waals surface area contributed by atoms with E-state index in [0.29, 0.717) is 21.5 Å². The molecule has 0 aliphatic rings. The molecule has 1 amide bonds. The van der Waals surface area contributed by atoms with Gasteiger partial charge in [-0.25, -0.2) is 0 Å². The lowest BCUT2D eigenvalue weighted by Crippen LogP contribution is -2.37. The third kappa shape index (κ3) is 4.29. The highest BCUT2D eigenvalue weighted by molar-refractivity contribution is 9.10. The van der Waals surface area contributed by atoms with E-state index in [1.54, 1.807) is 17.4 Å². The van der Waals surface area contributed by atoms with Gasteiger partial charge < -0.3 is 14.8 Å². The van der Waals surface area contributed by atoms with E-state index < -0.39 is 12.1 Å². The number of rotatable bonds is 5. The first-order chi connectivity index (χ1) is 9.29. The van der Waals surface area contributed by atoms with Crippen molar-refractivity contribution in [3.63, 3.8) is 0 Å². The second-order valence-corrected chi connectivity index (χ2v) is 4.66. The third-order valence-corrected chi connectivity index (χ3v) is 3.11. The molecule has 0 spiro atoms. The van der Waals surface area contributed by atoms with Crippen LogP contribution in [0.4, 0.5) is 13.2 Å². The summed E-state index contributed by atoms with van der Waals surface area (Å²) < 4.78 is 47.0. The van der Waals surface area contributed by atoms with Crippen molar-refractivity contribution in [1.82, 2.24) is 5.32 Å². The van der Waals surface area contributed by atoms with Crippen LogP contribution in [0.1, 0.15) is 5.56 Å². The number of hydrogen-bond acceptors (Lipinski definition) is 3. The molecule has 0 saturated carbocycles. The molecule has 112 valence electrons. The average Bonchev–Trinajstić information content (AvgIpc) is 2.38. The first-order valence-corrected chi connectivity index (χ1v) is 6.34. The highest BCUT2D eigenvalue weighted by Gasteiger charge is 2.38. The second kappa shape index (κ2) is 6.83. The molecule has 0 aliphatic heterocycles. The van der Waals surface area contributed by atoms with Crippen LogP contribution in [0, 0.1) is 0 Å². The molecule has 0 aliphatic carbocycles. The molecule has 1 N–H and O–H groups in total. The summed E-state index contributed by atoms with van der Waals surface area (Å²) in [5.74, 6) is -0.928. The summed E-state index contributed by atoms with van der Waals surface area (Å²) in [6, 6.07) is 3.29. The zero-order valence-electron chi connectivity index (χ0n) is 10.8. The lowest BCUT2D eigenvalue weighted by Gasteiger charge is -2.13. The smallest absolute Gasteiger partial charge is 0.471 e. The molecule has 20 heavy (non-hydrogen) atoms. The first-order valence-electron chi connectivity index (χ1n) is 5.55. The van der Waals surface area contributed by atoms with Crippen LogP contribution < -0.4 is 14.8 Å². The molecule has 0 atom stereocenters. The minimum absolute atomic E-state index is 0.153. The topological polar surface area (TPSA) is 47.6 Å². The number of nitrogens with one attached hydrogen (secondary N) is 1. The number of carbonyl (C=O) groups is 1. The molecule has 1 aromatic rings. The number of carbonyl (C=O) groups excluding carboxylic acids is 1. The van der Waals surface area contributed by atoms with Gasteiger partial charge in [-0.1, -0.05) is 0 Å². The molecule has 0 fully saturated rings. The van der Waals surface area contributed by atoms with Gasteiger partial charge in [0.15, 0.2) is 0 Å². The molecule has 1 rings (SSSR count). The van der Waals surface area contributed by atoms with Crippen LogP contribution in [-0.2, 0) is 11.2 Å². The Bertz CT molecular complexity index is 492. The van der Waals surface area contributed by atoms with E-state index in [4.69, 9.17) is 9.47 Å². The standard InChI is InChI=1S/C12H13BrF3NO3/c1-19-9-6-8(13)10(20-2)5-7(9)3-4-17-11(18)12(14,15)16/h5-6H,3-4H2,1-2H3,(H,17,18). The minimum atomic E-state index is -4.87. The fraction of sp³-hybridized carbons (Fsp3) is 0.417. The molecule has 0 saturated heterocycles. The van der Waals surface area contributed by atoms with Crippen LogP contribution >= 0.6 is 15.9 Å². The predicted molar refractivity (Wildman–Crippen MR) is 70.0 cm³/mol. The van der Waals surface area contributed by atoms with Gasteiger partial charge in [-0.2, -0.15) is 13.2 Å². The summed E-state index contributed by atoms with van der Waals surface area (Å²) in [5, 5.41) is 1.80. The number of amides is 1. The summed E-state index contributed by atoms with van der Waals surface area (Å²) in [6.45, 7) is -0.153. The quantitative estimate of drug-likeness (QED) is 0.883. The van der Waals surface area contributed by atoms with Crippen LogP contribution in [0.2, 0.25) is 0 Å². The number of methoxy groups -OCH3 is 2. The zero-order valence-corrected chi connectivity index (χ0v) is 12.4. The van der Waals surface area contributed by atoms with E-state index in [2.05, 4.69) is 15.9 Å². The largest absolute Gasteiger partial charge is 0.496 e. The number of benzene rings is 1. The molecular formula is C12H13BrF3NO3. The van der Waals surface area contributed by atoms with Gasteiger partial charge in [0, 0.05) is 6.54 Å². The maximum atomic E-state index is 12.0. The lowest BCUT2D eigenvalue weighted by atomic mass is 10.1. The molecule has 0 heterocycles. The van der Waals surface area contributed by atoms with Gasteiger partial charge in [-0.15, -0.1) is 0 Å². The van der Waals surface area contributed by atoms with E-state index in [-0.39, 0.29) is 13.0 Å². The fourth-order valence-corrected chi connectivity index (χ4v) is 2.01. The molecule has 0 aromatic heterocycles. The summed E-state index contributed by atoms with van der Waals surface area (Å²) >= 11 is 3.28. The average molecular weight is 356 g/mol. The van der Waals surface area contributed by atoms with E-state index in [0.717, 1.165) is 0 Å². The maximum absolute atomic E-state index is 12.0. The van der Waals surface area contributed by atoms with E-state index in [1.165, 1.54) is 14.2 Å². The van der Waals surface area contributed by atoms with Crippen LogP contribution in [0.3, 0.4) is 0 Å². The van der Waals surface area contributed by atoms with Crippen LogP contribution in [0.15, 0.2) is 16.6 Å². The number of ether oxygens (including phenoxy) is 2. The number of alkyl halides is 3. The van der Waals surface area contributed by atoms with Crippen LogP contribution in [0.5, 0.6) is 11.5 Å². The third-order valence-electron chi connectivity index (χ3n) is 2.49. The van der Waals surface area contributed by atoms with Crippen molar-refractivity contribution in [3.05, 3.63) is 22.2 Å². The Hall–Kier alpha value is -1.44. The van der Waals surface area contributed by atoms with E-state index in [9.17, 15) is 18.0 Å². The van der Waals surface area contributed by atoms with Gasteiger partial charge in [0.1, 0.15) is 11.5 Å². The summed E-state index contributed by atoms with van der Waals surface area (Å²) in [6.07, 6.45) is -4.68. The molecule has 0 bridgehead atoms. The molecule has 4 nitrogen and oxygen atoms in total. The zero-order chi connectivity index (χ0) is 15.3. The van der Waals surface area contributed by atoms with Crippen molar-refractivity contribution in [2.75, 3.05) is 20.8 Å². The van der Waals surface area contributed by atoms with Gasteiger partial charge >= 0.3 is 12.1 Å². The summed E-state index contributed by atoms with van der Waals surface area (Å²) in [5.41, 5.74) is 0.634. The maximum Gasteiger partial charge on any atom is 0.471 e. The van der Waals surface area contributed by atoms with Crippen molar-refractivity contribution < 1.29 is 27.4 Å². The highest BCUT2D eigenvalue weighted by Crippen LogP contribution is 2.32. The molecule has 1 aromatic carbocycles. The second-order valence-electron chi connectivity index (χ2n) is 3.80. The fourth-order valence-electron chi connectivity index (χ4n) is 1.53. The normalized spacial score (nSPS) is 11.1. The van der Waals surface area contributed by atoms with E-state index in [1.807, 2.05) is 0 Å². The van der Waals surface area contributed by atoms with E-state index >= 15 is 0 Å². The SMILES string of the molecule is COc1cc(CCNC(=O)C(F)(F)F)c(OC)cc1Br. The van der Waals surface area contributed by atoms with Gasteiger partial charge in [0.05, 0.1) is 18.7 Å². The summed E-state index contributed by atoms with van der Waals surface area (Å²) in [7, 11) is 2.92. The van der Waals surface area contributed by atoms with Crippen molar-refractivity contribution >= 4 is 21.8 Å². The molecule has 8 heteroatoms. The molecular weight excluding hydrogens is 343 g/mol. The molecule has 0 unspecified atom stereocenters. The summed E-state index contributed by atoms with van der Waals surface area (Å²) in [4.78, 5) is 10.7. The van der Waals surface area contributed by atoms with Gasteiger partial charge in [0.2, 0.25) is 0 Å². The Morgan fingerprint density at radius 3 is 2.35 bits per heavy atom. The van der Waals surface area contributed by atoms with Crippen LogP contribution in [-0.4, -0.2) is 32.8 Å². The van der Waals surface area contributed by atoms with Crippen molar-refractivity contribution in [3.8, 4) is 11.5 Å². The first kappa shape index (κ1) is 16.6. The van der Waals surface area contributed by atoms with Crippen molar-refractivity contribution in [2.24, 2.45) is 0 Å². The lowest BCUT2D eigenvalue weighted by molar-refractivity contribution is -0.173. The van der Waals surface area contributed by atoms with Gasteiger partial charge in [0.25, 0.3) is 0 Å². The monoisotopic (exact) mass is 355 g/mol. The Morgan fingerprint density at radius 2 is 1.85 bits per heavy atom. The predicted octanol–water partition coefficient (Wildman–Crippen LogP) is 2.69. The van der Waals surface area contributed by atoms with Gasteiger partial charge in [-0.3, -0.25) is 4.79 Å². The minimum Gasteiger partial charge on any atom is -0.496 e. The van der Waals surface area contributed by atoms with Crippen LogP contribution in [0.25, 0.3) is 0 Å². The van der Waals surface area contributed by atoms with Crippen molar-refractivity contribution in [2.45, 2.75) is 12.6 Å². The number of halogens is 4. The Morgan fingerprint density at radius 1 is 1.25 bits per heavy atom.